The smallest absolute Gasteiger partial charge is 0.248 e. The molecule has 5 heteroatoms. The number of carbonyl (C=O) groups is 1. The second-order valence-corrected chi connectivity index (χ2v) is 7.61. The van der Waals surface area contributed by atoms with Gasteiger partial charge < -0.3 is 15.5 Å². The lowest BCUT2D eigenvalue weighted by molar-refractivity contribution is -0.117. The highest BCUT2D eigenvalue weighted by Gasteiger charge is 2.46. The molecule has 1 saturated heterocycles. The van der Waals surface area contributed by atoms with Crippen LogP contribution in [0.15, 0.2) is 36.1 Å². The zero-order valence-corrected chi connectivity index (χ0v) is 14.4. The Kier molecular flexibility index (Phi) is 3.22. The van der Waals surface area contributed by atoms with E-state index in [0.717, 1.165) is 25.9 Å². The van der Waals surface area contributed by atoms with Crippen LogP contribution in [-0.2, 0) is 16.0 Å². The van der Waals surface area contributed by atoms with Gasteiger partial charge in [0.2, 0.25) is 5.91 Å². The normalized spacial score (nSPS) is 31.5. The molecular formula is C20H23N3O2. The van der Waals surface area contributed by atoms with E-state index in [0.29, 0.717) is 17.5 Å². The van der Waals surface area contributed by atoms with Crippen LogP contribution in [-0.4, -0.2) is 35.0 Å². The minimum atomic E-state index is -0.344. The molecule has 0 aliphatic carbocycles. The van der Waals surface area contributed by atoms with Crippen LogP contribution in [0.4, 0.5) is 0 Å². The maximum Gasteiger partial charge on any atom is 0.248 e. The molecule has 130 valence electrons. The molecule has 3 unspecified atom stereocenters. The summed E-state index contributed by atoms with van der Waals surface area (Å²) in [5, 5.41) is 1.34. The Morgan fingerprint density at radius 2 is 2.20 bits per heavy atom. The monoisotopic (exact) mass is 337 g/mol. The topological polar surface area (TPSA) is 71.3 Å². The Labute approximate surface area is 146 Å². The fraction of sp³-hybridized carbons (Fsp3) is 0.450. The number of piperidine rings is 1. The number of nitrogens with zero attached hydrogens (tertiary/aromatic N) is 1. The molecule has 1 aromatic carbocycles. The number of fused-ring (bicyclic) bond motifs is 6. The van der Waals surface area contributed by atoms with E-state index in [9.17, 15) is 4.79 Å². The first kappa shape index (κ1) is 15.0. The Morgan fingerprint density at radius 1 is 1.36 bits per heavy atom. The molecule has 1 amide bonds. The Hall–Kier alpha value is -2.27. The van der Waals surface area contributed by atoms with Gasteiger partial charge in [-0.05, 0) is 31.4 Å². The minimum absolute atomic E-state index is 0.123. The van der Waals surface area contributed by atoms with Gasteiger partial charge in [-0.2, -0.15) is 0 Å². The number of ether oxygens (including phenoxy) is 1. The molecule has 5 nitrogen and oxygen atoms in total. The summed E-state index contributed by atoms with van der Waals surface area (Å²) < 4.78 is 5.72. The number of benzene rings is 1. The standard InChI is InChI=1S/C20H23N3O2/c1-11-15-9-23-7-6-13-12-4-2-3-5-17(12)22-19(13)18(23)8-14(15)16(10-25-11)20(21)24/h2-5,10-11,14-15,18,22H,6-9H2,1H3,(H2,21,24)/t11-,14?,15?,18?/m0/s1. The fourth-order valence-electron chi connectivity index (χ4n) is 5.11. The number of rotatable bonds is 1. The molecule has 0 bridgehead atoms. The third-order valence-electron chi connectivity index (χ3n) is 6.41. The van der Waals surface area contributed by atoms with Crippen LogP contribution >= 0.6 is 0 Å². The summed E-state index contributed by atoms with van der Waals surface area (Å²) in [4.78, 5) is 18.1. The fourth-order valence-corrected chi connectivity index (χ4v) is 5.11. The van der Waals surface area contributed by atoms with Crippen LogP contribution in [0.2, 0.25) is 0 Å². The molecule has 4 atom stereocenters. The second-order valence-electron chi connectivity index (χ2n) is 7.61. The van der Waals surface area contributed by atoms with Crippen LogP contribution in [0, 0.1) is 11.8 Å². The largest absolute Gasteiger partial charge is 0.497 e. The van der Waals surface area contributed by atoms with Gasteiger partial charge in [0.15, 0.2) is 0 Å². The predicted octanol–water partition coefficient (Wildman–Crippen LogP) is 2.49. The van der Waals surface area contributed by atoms with Crippen LogP contribution in [0.5, 0.6) is 0 Å². The van der Waals surface area contributed by atoms with Crippen molar-refractivity contribution in [1.82, 2.24) is 9.88 Å². The summed E-state index contributed by atoms with van der Waals surface area (Å²) in [6, 6.07) is 8.86. The van der Waals surface area contributed by atoms with Crippen LogP contribution in [0.1, 0.15) is 30.6 Å². The van der Waals surface area contributed by atoms with Crippen molar-refractivity contribution in [2.75, 3.05) is 13.1 Å². The molecular weight excluding hydrogens is 314 g/mol. The van der Waals surface area contributed by atoms with Gasteiger partial charge in [0.1, 0.15) is 0 Å². The predicted molar refractivity (Wildman–Crippen MR) is 95.7 cm³/mol. The highest BCUT2D eigenvalue weighted by atomic mass is 16.5. The lowest BCUT2D eigenvalue weighted by atomic mass is 9.72. The number of hydrogen-bond acceptors (Lipinski definition) is 3. The molecule has 3 N–H and O–H groups in total. The van der Waals surface area contributed by atoms with Crippen molar-refractivity contribution < 1.29 is 9.53 Å². The molecule has 0 radical (unpaired) electrons. The van der Waals surface area contributed by atoms with E-state index in [1.165, 1.54) is 22.2 Å². The Balaban J connectivity index is 1.57. The third kappa shape index (κ3) is 2.15. The first-order chi connectivity index (χ1) is 12.1. The summed E-state index contributed by atoms with van der Waals surface area (Å²) >= 11 is 0. The molecule has 2 aromatic rings. The lowest BCUT2D eigenvalue weighted by Gasteiger charge is -2.49. The summed E-state index contributed by atoms with van der Waals surface area (Å²) in [5.74, 6) is 0.164. The summed E-state index contributed by atoms with van der Waals surface area (Å²) in [6.07, 6.45) is 3.73. The van der Waals surface area contributed by atoms with Crippen LogP contribution < -0.4 is 5.73 Å². The first-order valence-corrected chi connectivity index (χ1v) is 9.12. The van der Waals surface area contributed by atoms with Gasteiger partial charge in [-0.25, -0.2) is 0 Å². The number of primary amides is 1. The molecule has 5 rings (SSSR count). The second kappa shape index (κ2) is 5.36. The molecule has 1 aromatic heterocycles. The van der Waals surface area contributed by atoms with E-state index >= 15 is 0 Å². The van der Waals surface area contributed by atoms with Crippen molar-refractivity contribution in [3.63, 3.8) is 0 Å². The average molecular weight is 337 g/mol. The van der Waals surface area contributed by atoms with Gasteiger partial charge in [-0.3, -0.25) is 9.69 Å². The van der Waals surface area contributed by atoms with Crippen molar-refractivity contribution in [1.29, 1.82) is 0 Å². The molecule has 4 heterocycles. The SMILES string of the molecule is C[C@@H]1OC=C(C(N)=O)C2CC3c4[nH]c5ccccc5c4CCN3CC21. The van der Waals surface area contributed by atoms with E-state index < -0.39 is 0 Å². The van der Waals surface area contributed by atoms with E-state index in [1.54, 1.807) is 6.26 Å². The van der Waals surface area contributed by atoms with Crippen LogP contribution in [0.3, 0.4) is 0 Å². The molecule has 3 aliphatic rings. The van der Waals surface area contributed by atoms with Gasteiger partial charge in [-0.1, -0.05) is 18.2 Å². The summed E-state index contributed by atoms with van der Waals surface area (Å²) in [7, 11) is 0. The summed E-state index contributed by atoms with van der Waals surface area (Å²) in [5.41, 5.74) is 10.3. The number of aromatic amines is 1. The Bertz CT molecular complexity index is 884. The van der Waals surface area contributed by atoms with E-state index in [1.807, 2.05) is 0 Å². The average Bonchev–Trinajstić information content (AvgIpc) is 3.00. The lowest BCUT2D eigenvalue weighted by Crippen LogP contribution is -2.51. The zero-order valence-electron chi connectivity index (χ0n) is 14.4. The van der Waals surface area contributed by atoms with Crippen molar-refractivity contribution in [3.8, 4) is 0 Å². The molecule has 0 saturated carbocycles. The van der Waals surface area contributed by atoms with Gasteiger partial charge >= 0.3 is 0 Å². The van der Waals surface area contributed by atoms with Crippen molar-refractivity contribution in [3.05, 3.63) is 47.4 Å². The van der Waals surface area contributed by atoms with E-state index in [-0.39, 0.29) is 17.9 Å². The molecule has 0 spiro atoms. The van der Waals surface area contributed by atoms with Gasteiger partial charge in [0, 0.05) is 41.5 Å². The molecule has 25 heavy (non-hydrogen) atoms. The van der Waals surface area contributed by atoms with Gasteiger partial charge in [-0.15, -0.1) is 0 Å². The molecule has 1 fully saturated rings. The quantitative estimate of drug-likeness (QED) is 0.840. The number of nitrogens with two attached hydrogens (primary N) is 1. The van der Waals surface area contributed by atoms with E-state index in [4.69, 9.17) is 10.5 Å². The first-order valence-electron chi connectivity index (χ1n) is 9.12. The van der Waals surface area contributed by atoms with Crippen molar-refractivity contribution in [2.24, 2.45) is 17.6 Å². The van der Waals surface area contributed by atoms with Crippen molar-refractivity contribution >= 4 is 16.8 Å². The maximum atomic E-state index is 11.9. The number of carbonyl (C=O) groups excluding carboxylic acids is 1. The van der Waals surface area contributed by atoms with Crippen LogP contribution in [0.25, 0.3) is 10.9 Å². The van der Waals surface area contributed by atoms with Gasteiger partial charge in [0.25, 0.3) is 0 Å². The number of para-hydroxylation sites is 1. The minimum Gasteiger partial charge on any atom is -0.497 e. The summed E-state index contributed by atoms with van der Waals surface area (Å²) in [6.45, 7) is 4.12. The number of nitrogens with one attached hydrogen (secondary N) is 1. The van der Waals surface area contributed by atoms with Gasteiger partial charge in [0.05, 0.1) is 24.0 Å². The molecule has 3 aliphatic heterocycles. The maximum absolute atomic E-state index is 11.9. The number of hydrogen-bond donors (Lipinski definition) is 2. The highest BCUT2D eigenvalue weighted by molar-refractivity contribution is 5.92. The number of amides is 1. The Morgan fingerprint density at radius 3 is 3.04 bits per heavy atom. The van der Waals surface area contributed by atoms with E-state index in [2.05, 4.69) is 41.1 Å². The number of aromatic nitrogens is 1. The number of H-pyrrole nitrogens is 1. The van der Waals surface area contributed by atoms with Crippen molar-refractivity contribution in [2.45, 2.75) is 31.9 Å². The highest BCUT2D eigenvalue weighted by Crippen LogP contribution is 2.47. The third-order valence-corrected chi connectivity index (χ3v) is 6.41. The zero-order chi connectivity index (χ0) is 17.1.